The van der Waals surface area contributed by atoms with Crippen molar-refractivity contribution in [3.05, 3.63) is 40.1 Å². The van der Waals surface area contributed by atoms with E-state index in [1.165, 1.54) is 5.56 Å². The predicted molar refractivity (Wildman–Crippen MR) is 112 cm³/mol. The first kappa shape index (κ1) is 22.4. The van der Waals surface area contributed by atoms with Gasteiger partial charge < -0.3 is 9.84 Å². The van der Waals surface area contributed by atoms with E-state index in [0.717, 1.165) is 29.5 Å². The molecule has 4 heteroatoms. The molecular formula is C24H34O4. The van der Waals surface area contributed by atoms with Gasteiger partial charge in [-0.1, -0.05) is 31.5 Å². The number of ether oxygens (including phenoxy) is 1. The molecule has 4 nitrogen and oxygen atoms in total. The maximum absolute atomic E-state index is 13.2. The Morgan fingerprint density at radius 3 is 2.18 bits per heavy atom. The van der Waals surface area contributed by atoms with Crippen molar-refractivity contribution in [3.63, 3.8) is 0 Å². The number of aryl methyl sites for hydroxylation is 3. The number of hydrogen-bond acceptors (Lipinski definition) is 4. The lowest BCUT2D eigenvalue weighted by Gasteiger charge is -2.29. The van der Waals surface area contributed by atoms with E-state index in [4.69, 9.17) is 4.74 Å². The second-order valence-electron chi connectivity index (χ2n) is 8.81. The van der Waals surface area contributed by atoms with Crippen molar-refractivity contribution < 1.29 is 19.4 Å². The molecule has 1 aromatic carbocycles. The van der Waals surface area contributed by atoms with Gasteiger partial charge in [0.15, 0.2) is 5.78 Å². The summed E-state index contributed by atoms with van der Waals surface area (Å²) in [4.78, 5) is 25.8. The van der Waals surface area contributed by atoms with Gasteiger partial charge in [0.25, 0.3) is 0 Å². The molecule has 1 N–H and O–H groups in total. The number of carbonyl (C=O) groups excluding carboxylic acids is 2. The van der Waals surface area contributed by atoms with Crippen molar-refractivity contribution in [2.45, 2.75) is 73.6 Å². The summed E-state index contributed by atoms with van der Waals surface area (Å²) < 4.78 is 5.84. The molecule has 2 rings (SSSR count). The minimum atomic E-state index is -0.653. The van der Waals surface area contributed by atoms with E-state index in [9.17, 15) is 14.7 Å². The highest BCUT2D eigenvalue weighted by molar-refractivity contribution is 6.23. The highest BCUT2D eigenvalue weighted by atomic mass is 16.5. The third-order valence-corrected chi connectivity index (χ3v) is 5.33. The van der Waals surface area contributed by atoms with Crippen LogP contribution < -0.4 is 0 Å². The Morgan fingerprint density at radius 2 is 1.71 bits per heavy atom. The van der Waals surface area contributed by atoms with Gasteiger partial charge in [-0.05, 0) is 69.6 Å². The van der Waals surface area contributed by atoms with Crippen molar-refractivity contribution >= 4 is 17.3 Å². The van der Waals surface area contributed by atoms with Gasteiger partial charge in [0.05, 0.1) is 11.0 Å². The average Bonchev–Trinajstić information content (AvgIpc) is 2.61. The van der Waals surface area contributed by atoms with E-state index in [0.29, 0.717) is 30.6 Å². The summed E-state index contributed by atoms with van der Waals surface area (Å²) in [6, 6.07) is 4.25. The van der Waals surface area contributed by atoms with Gasteiger partial charge in [-0.3, -0.25) is 9.59 Å². The lowest BCUT2D eigenvalue weighted by Crippen LogP contribution is -2.28. The molecule has 0 amide bonds. The van der Waals surface area contributed by atoms with Crippen LogP contribution in [0.5, 0.6) is 0 Å². The van der Waals surface area contributed by atoms with Crippen molar-refractivity contribution in [1.82, 2.24) is 0 Å². The number of carbonyl (C=O) groups is 2. The molecule has 1 unspecified atom stereocenters. The van der Waals surface area contributed by atoms with Crippen molar-refractivity contribution in [3.8, 4) is 0 Å². The predicted octanol–water partition coefficient (Wildman–Crippen LogP) is 4.78. The quantitative estimate of drug-likeness (QED) is 0.715. The fourth-order valence-corrected chi connectivity index (χ4v) is 3.80. The number of Topliss-reactive ketones (excluding diaryl/α,β-unsaturated/α-hetero) is 1. The van der Waals surface area contributed by atoms with Crippen molar-refractivity contribution in [1.29, 1.82) is 0 Å². The maximum atomic E-state index is 13.2. The summed E-state index contributed by atoms with van der Waals surface area (Å²) in [5, 5.41) is 9.34. The van der Waals surface area contributed by atoms with Gasteiger partial charge >= 0.3 is 5.97 Å². The molecule has 0 aromatic heterocycles. The Morgan fingerprint density at radius 1 is 1.14 bits per heavy atom. The fraction of sp³-hybridized carbons (Fsp3) is 0.583. The van der Waals surface area contributed by atoms with Crippen molar-refractivity contribution in [2.24, 2.45) is 11.3 Å². The second-order valence-corrected chi connectivity index (χ2v) is 8.81. The SMILES string of the molecule is CCc1cc(C)cc(CC)c1C1=C(OC(=O)C(C)(C)C)CC(CCO)CC1=O. The van der Waals surface area contributed by atoms with Gasteiger partial charge in [0, 0.05) is 19.4 Å². The normalized spacial score (nSPS) is 17.8. The molecule has 0 saturated heterocycles. The molecule has 1 aliphatic carbocycles. The van der Waals surface area contributed by atoms with Crippen LogP contribution in [0.3, 0.4) is 0 Å². The van der Waals surface area contributed by atoms with Crippen LogP contribution in [0.4, 0.5) is 0 Å². The van der Waals surface area contributed by atoms with Crippen LogP contribution in [-0.2, 0) is 27.2 Å². The topological polar surface area (TPSA) is 63.6 Å². The van der Waals surface area contributed by atoms with E-state index in [1.807, 2.05) is 20.8 Å². The molecule has 0 heterocycles. The standard InChI is InChI=1S/C24H34O4/c1-7-17-11-15(3)12-18(8-2)21(17)22-19(26)13-16(9-10-25)14-20(22)28-23(27)24(4,5)6/h11-12,16,25H,7-10,13-14H2,1-6H3. The Hall–Kier alpha value is -1.94. The fourth-order valence-electron chi connectivity index (χ4n) is 3.80. The molecule has 0 fully saturated rings. The maximum Gasteiger partial charge on any atom is 0.316 e. The Balaban J connectivity index is 2.68. The van der Waals surface area contributed by atoms with Gasteiger partial charge in [-0.2, -0.15) is 0 Å². The third kappa shape index (κ3) is 4.91. The van der Waals surface area contributed by atoms with Crippen molar-refractivity contribution in [2.75, 3.05) is 6.61 Å². The monoisotopic (exact) mass is 386 g/mol. The summed E-state index contributed by atoms with van der Waals surface area (Å²) in [7, 11) is 0. The van der Waals surface area contributed by atoms with Gasteiger partial charge in [-0.25, -0.2) is 0 Å². The summed E-state index contributed by atoms with van der Waals surface area (Å²) >= 11 is 0. The number of allylic oxidation sites excluding steroid dienone is 2. The number of ketones is 1. The molecule has 1 aromatic rings. The van der Waals surface area contributed by atoms with Crippen LogP contribution in [0.25, 0.3) is 5.57 Å². The molecular weight excluding hydrogens is 352 g/mol. The van der Waals surface area contributed by atoms with Crippen LogP contribution >= 0.6 is 0 Å². The minimum absolute atomic E-state index is 0.00428. The number of rotatable bonds is 6. The smallest absolute Gasteiger partial charge is 0.316 e. The van der Waals surface area contributed by atoms with E-state index in [1.54, 1.807) is 0 Å². The molecule has 0 spiro atoms. The molecule has 0 saturated carbocycles. The zero-order valence-corrected chi connectivity index (χ0v) is 18.1. The van der Waals surface area contributed by atoms with E-state index in [-0.39, 0.29) is 24.3 Å². The zero-order chi connectivity index (χ0) is 21.1. The van der Waals surface area contributed by atoms with Crippen LogP contribution in [-0.4, -0.2) is 23.5 Å². The van der Waals surface area contributed by atoms with Crippen LogP contribution in [0.2, 0.25) is 0 Å². The molecule has 154 valence electrons. The van der Waals surface area contributed by atoms with Crippen LogP contribution in [0.1, 0.15) is 76.1 Å². The number of benzene rings is 1. The van der Waals surface area contributed by atoms with Crippen LogP contribution in [0, 0.1) is 18.3 Å². The number of hydrogen-bond donors (Lipinski definition) is 1. The molecule has 1 atom stereocenters. The van der Waals surface area contributed by atoms with Gasteiger partial charge in [-0.15, -0.1) is 0 Å². The highest BCUT2D eigenvalue weighted by Crippen LogP contribution is 2.39. The largest absolute Gasteiger partial charge is 0.430 e. The van der Waals surface area contributed by atoms with Gasteiger partial charge in [0.2, 0.25) is 0 Å². The first-order chi connectivity index (χ1) is 13.1. The number of aliphatic hydroxyl groups is 1. The zero-order valence-electron chi connectivity index (χ0n) is 18.1. The van der Waals surface area contributed by atoms with Crippen LogP contribution in [0.15, 0.2) is 17.9 Å². The first-order valence-corrected chi connectivity index (χ1v) is 10.3. The Kier molecular flexibility index (Phi) is 7.22. The first-order valence-electron chi connectivity index (χ1n) is 10.3. The summed E-state index contributed by atoms with van der Waals surface area (Å²) in [6.45, 7) is 11.7. The Bertz CT molecular complexity index is 755. The lowest BCUT2D eigenvalue weighted by atomic mass is 9.79. The van der Waals surface area contributed by atoms with E-state index >= 15 is 0 Å². The molecule has 1 aliphatic rings. The summed E-state index contributed by atoms with van der Waals surface area (Å²) in [6.07, 6.45) is 3.03. The van der Waals surface area contributed by atoms with Gasteiger partial charge in [0.1, 0.15) is 5.76 Å². The third-order valence-electron chi connectivity index (χ3n) is 5.33. The molecule has 0 aliphatic heterocycles. The number of esters is 1. The molecule has 0 bridgehead atoms. The highest BCUT2D eigenvalue weighted by Gasteiger charge is 2.34. The minimum Gasteiger partial charge on any atom is -0.430 e. The number of aliphatic hydroxyl groups excluding tert-OH is 1. The van der Waals surface area contributed by atoms with E-state index < -0.39 is 5.41 Å². The second kappa shape index (κ2) is 9.04. The molecule has 0 radical (unpaired) electrons. The lowest BCUT2D eigenvalue weighted by molar-refractivity contribution is -0.148. The molecule has 28 heavy (non-hydrogen) atoms. The summed E-state index contributed by atoms with van der Waals surface area (Å²) in [5.41, 5.74) is 4.27. The Labute approximate surface area is 169 Å². The van der Waals surface area contributed by atoms with E-state index in [2.05, 4.69) is 32.9 Å². The average molecular weight is 387 g/mol. The summed E-state index contributed by atoms with van der Waals surface area (Å²) in [5.74, 6) is 0.155.